The minimum absolute atomic E-state index is 0. The molecule has 0 fully saturated rings. The normalized spacial score (nSPS) is 8.33. The van der Waals surface area contributed by atoms with Crippen molar-refractivity contribution in [3.05, 3.63) is 42.6 Å². The van der Waals surface area contributed by atoms with E-state index in [0.717, 1.165) is 5.52 Å². The highest BCUT2D eigenvalue weighted by atomic mass is 19.0. The van der Waals surface area contributed by atoms with Gasteiger partial charge in [-0.25, -0.2) is 0 Å². The topological polar surface area (TPSA) is 47.9 Å². The highest BCUT2D eigenvalue weighted by molar-refractivity contribution is 5.77. The number of benzene rings is 1. The largest absolute Gasteiger partial charge is 0.344 e. The van der Waals surface area contributed by atoms with Crippen LogP contribution in [0.15, 0.2) is 42.6 Å². The molecule has 3 heteroatoms. The number of halogens is 1. The summed E-state index contributed by atoms with van der Waals surface area (Å²) in [5.74, 6) is 0. The van der Waals surface area contributed by atoms with Crippen molar-refractivity contribution in [2.24, 2.45) is 0 Å². The Morgan fingerprint density at radius 3 is 2.33 bits per heavy atom. The molecule has 3 N–H and O–H groups in total. The Morgan fingerprint density at radius 1 is 0.917 bits per heavy atom. The van der Waals surface area contributed by atoms with Crippen LogP contribution in [0.3, 0.4) is 0 Å². The zero-order valence-electron chi connectivity index (χ0n) is 6.60. The van der Waals surface area contributed by atoms with Gasteiger partial charge in [0.15, 0.2) is 0 Å². The molecule has 2 aromatic rings. The maximum atomic E-state index is 4.18. The Balaban J connectivity index is 0.000000605. The summed E-state index contributed by atoms with van der Waals surface area (Å²) in [7, 11) is 0. The quantitative estimate of drug-likeness (QED) is 0.653. The van der Waals surface area contributed by atoms with E-state index in [1.165, 1.54) is 5.39 Å². The number of aromatic nitrogens is 1. The van der Waals surface area contributed by atoms with E-state index in [0.29, 0.717) is 0 Å². The van der Waals surface area contributed by atoms with Crippen LogP contribution in [0.4, 0.5) is 4.70 Å². The lowest BCUT2D eigenvalue weighted by Gasteiger charge is -1.91. The van der Waals surface area contributed by atoms with Crippen molar-refractivity contribution in [3.63, 3.8) is 0 Å². The molecule has 12 heavy (non-hydrogen) atoms. The van der Waals surface area contributed by atoms with Gasteiger partial charge in [0, 0.05) is 11.6 Å². The van der Waals surface area contributed by atoms with E-state index in [4.69, 9.17) is 0 Å². The summed E-state index contributed by atoms with van der Waals surface area (Å²) in [6.45, 7) is 0. The molecule has 2 nitrogen and oxygen atoms in total. The number of hydrogen-bond donors (Lipinski definition) is 1. The SMILES string of the molecule is F.N.c1ccc2ncccc2c1. The van der Waals surface area contributed by atoms with Gasteiger partial charge >= 0.3 is 0 Å². The second-order valence-corrected chi connectivity index (χ2v) is 2.20. The van der Waals surface area contributed by atoms with Crippen LogP contribution >= 0.6 is 0 Å². The molecule has 0 aliphatic heterocycles. The molecule has 0 radical (unpaired) electrons. The number of hydrogen-bond acceptors (Lipinski definition) is 2. The fraction of sp³-hybridized carbons (Fsp3) is 0. The highest BCUT2D eigenvalue weighted by Gasteiger charge is 1.86. The first kappa shape index (κ1) is 10.5. The Morgan fingerprint density at radius 2 is 1.58 bits per heavy atom. The Labute approximate surface area is 70.2 Å². The van der Waals surface area contributed by atoms with Gasteiger partial charge in [-0.2, -0.15) is 0 Å². The highest BCUT2D eigenvalue weighted by Crippen LogP contribution is 2.07. The fourth-order valence-electron chi connectivity index (χ4n) is 1.02. The van der Waals surface area contributed by atoms with Gasteiger partial charge in [0.05, 0.1) is 5.52 Å². The molecule has 0 amide bonds. The van der Waals surface area contributed by atoms with Crippen LogP contribution in [0.25, 0.3) is 10.9 Å². The minimum atomic E-state index is 0. The van der Waals surface area contributed by atoms with E-state index in [9.17, 15) is 0 Å². The van der Waals surface area contributed by atoms with Gasteiger partial charge in [-0.3, -0.25) is 9.69 Å². The summed E-state index contributed by atoms with van der Waals surface area (Å²) < 4.78 is 0. The van der Waals surface area contributed by atoms with Crippen LogP contribution < -0.4 is 6.15 Å². The second kappa shape index (κ2) is 4.41. The van der Waals surface area contributed by atoms with Gasteiger partial charge in [0.2, 0.25) is 0 Å². The van der Waals surface area contributed by atoms with E-state index < -0.39 is 0 Å². The first-order valence-electron chi connectivity index (χ1n) is 3.26. The van der Waals surface area contributed by atoms with Gasteiger partial charge in [0.1, 0.15) is 0 Å². The Hall–Kier alpha value is -1.48. The van der Waals surface area contributed by atoms with E-state index >= 15 is 0 Å². The zero-order valence-corrected chi connectivity index (χ0v) is 6.60. The number of para-hydroxylation sites is 1. The first-order valence-corrected chi connectivity index (χ1v) is 3.26. The molecule has 0 unspecified atom stereocenters. The number of nitrogens with zero attached hydrogens (tertiary/aromatic N) is 1. The van der Waals surface area contributed by atoms with Crippen molar-refractivity contribution in [3.8, 4) is 0 Å². The van der Waals surface area contributed by atoms with Gasteiger partial charge in [-0.05, 0) is 12.1 Å². The van der Waals surface area contributed by atoms with Crippen LogP contribution in [0.5, 0.6) is 0 Å². The molecule has 0 aliphatic carbocycles. The predicted molar refractivity (Wildman–Crippen MR) is 49.3 cm³/mol. The maximum absolute atomic E-state index is 4.18. The lowest BCUT2D eigenvalue weighted by molar-refractivity contribution is 1.11. The maximum Gasteiger partial charge on any atom is 0.0701 e. The Bertz CT molecular complexity index is 284. The number of rotatable bonds is 0. The summed E-state index contributed by atoms with van der Waals surface area (Å²) in [5.41, 5.74) is 1.06. The molecule has 64 valence electrons. The van der Waals surface area contributed by atoms with Crippen molar-refractivity contribution in [1.82, 2.24) is 11.1 Å². The van der Waals surface area contributed by atoms with Gasteiger partial charge < -0.3 is 6.15 Å². The van der Waals surface area contributed by atoms with E-state index in [1.54, 1.807) is 0 Å². The second-order valence-electron chi connectivity index (χ2n) is 2.20. The summed E-state index contributed by atoms with van der Waals surface area (Å²) >= 11 is 0. The van der Waals surface area contributed by atoms with Crippen LogP contribution in [-0.2, 0) is 0 Å². The van der Waals surface area contributed by atoms with Crippen molar-refractivity contribution < 1.29 is 4.70 Å². The standard InChI is InChI=1S/C9H7N.FH.H3N/c1-2-6-9-8(4-1)5-3-7-10-9;;/h1-7H;1H;1H3. The van der Waals surface area contributed by atoms with Gasteiger partial charge in [-0.15, -0.1) is 0 Å². The van der Waals surface area contributed by atoms with E-state index in [-0.39, 0.29) is 10.9 Å². The lowest BCUT2D eigenvalue weighted by atomic mass is 10.2. The summed E-state index contributed by atoms with van der Waals surface area (Å²) in [6.07, 6.45) is 1.81. The molecule has 2 rings (SSSR count). The number of pyridine rings is 1. The monoisotopic (exact) mass is 166 g/mol. The van der Waals surface area contributed by atoms with Crippen molar-refractivity contribution >= 4 is 10.9 Å². The number of fused-ring (bicyclic) bond motifs is 1. The fourth-order valence-corrected chi connectivity index (χ4v) is 1.02. The van der Waals surface area contributed by atoms with Crippen LogP contribution in [0.2, 0.25) is 0 Å². The molecule has 1 heterocycles. The third-order valence-corrected chi connectivity index (χ3v) is 1.51. The molecule has 0 bridgehead atoms. The van der Waals surface area contributed by atoms with Gasteiger partial charge in [-0.1, -0.05) is 24.3 Å². The van der Waals surface area contributed by atoms with Crippen LogP contribution in [0, 0.1) is 0 Å². The molecular weight excluding hydrogens is 155 g/mol. The third kappa shape index (κ3) is 1.77. The summed E-state index contributed by atoms with van der Waals surface area (Å²) in [6, 6.07) is 12.1. The molecule has 1 aromatic heterocycles. The van der Waals surface area contributed by atoms with Gasteiger partial charge in [0.25, 0.3) is 0 Å². The summed E-state index contributed by atoms with van der Waals surface area (Å²) in [5, 5.41) is 1.20. The molecule has 0 aliphatic rings. The molecule has 0 saturated heterocycles. The molecule has 0 spiro atoms. The van der Waals surface area contributed by atoms with Crippen LogP contribution in [-0.4, -0.2) is 4.98 Å². The lowest BCUT2D eigenvalue weighted by Crippen LogP contribution is -1.73. The van der Waals surface area contributed by atoms with E-state index in [2.05, 4.69) is 17.1 Å². The van der Waals surface area contributed by atoms with Crippen LogP contribution in [0.1, 0.15) is 0 Å². The third-order valence-electron chi connectivity index (χ3n) is 1.51. The Kier molecular flexibility index (Phi) is 3.86. The minimum Gasteiger partial charge on any atom is -0.344 e. The van der Waals surface area contributed by atoms with Crippen molar-refractivity contribution in [2.45, 2.75) is 0 Å². The molecule has 0 saturated carbocycles. The zero-order chi connectivity index (χ0) is 6.81. The van der Waals surface area contributed by atoms with Crippen molar-refractivity contribution in [2.75, 3.05) is 0 Å². The molecule has 1 aromatic carbocycles. The summed E-state index contributed by atoms with van der Waals surface area (Å²) in [4.78, 5) is 4.18. The first-order chi connectivity index (χ1) is 4.97. The average Bonchev–Trinajstić information content (AvgIpc) is 2.05. The molecular formula is C9H11FN2. The van der Waals surface area contributed by atoms with E-state index in [1.807, 2.05) is 30.5 Å². The molecule has 0 atom stereocenters. The van der Waals surface area contributed by atoms with Crippen molar-refractivity contribution in [1.29, 1.82) is 0 Å². The average molecular weight is 166 g/mol. The predicted octanol–water partition coefficient (Wildman–Crippen LogP) is 2.55. The smallest absolute Gasteiger partial charge is 0.0701 e.